The Bertz CT molecular complexity index is 760. The average molecular weight is 417 g/mol. The summed E-state index contributed by atoms with van der Waals surface area (Å²) < 4.78 is 34.8. The van der Waals surface area contributed by atoms with Gasteiger partial charge in [0.2, 0.25) is 5.82 Å². The maximum Gasteiger partial charge on any atom is 0.201 e. The molecule has 0 saturated carbocycles. The van der Waals surface area contributed by atoms with Gasteiger partial charge in [0.15, 0.2) is 11.6 Å². The molecule has 25 heavy (non-hydrogen) atoms. The van der Waals surface area contributed by atoms with Crippen molar-refractivity contribution in [3.63, 3.8) is 0 Å². The number of aromatic nitrogens is 2. The summed E-state index contributed by atoms with van der Waals surface area (Å²) >= 11 is 3.17. The van der Waals surface area contributed by atoms with Crippen LogP contribution in [-0.2, 0) is 19.9 Å². The first-order chi connectivity index (χ1) is 11.7. The Hall–Kier alpha value is -1.47. The molecule has 1 N–H and O–H groups in total. The summed E-state index contributed by atoms with van der Waals surface area (Å²) in [6.45, 7) is 6.14. The molecule has 138 valence electrons. The Balaban J connectivity index is 2.15. The van der Waals surface area contributed by atoms with Crippen molar-refractivity contribution in [1.82, 2.24) is 9.78 Å². The van der Waals surface area contributed by atoms with E-state index in [1.54, 1.807) is 4.68 Å². The van der Waals surface area contributed by atoms with Gasteiger partial charge >= 0.3 is 0 Å². The number of hydrogen-bond donors (Lipinski definition) is 1. The summed E-state index contributed by atoms with van der Waals surface area (Å²) in [4.78, 5) is 0. The van der Waals surface area contributed by atoms with Crippen LogP contribution in [0.2, 0.25) is 0 Å². The maximum atomic E-state index is 13.8. The van der Waals surface area contributed by atoms with Crippen molar-refractivity contribution < 1.29 is 18.6 Å². The fourth-order valence-corrected chi connectivity index (χ4v) is 3.01. The third-order valence-corrected chi connectivity index (χ3v) is 4.84. The SMILES string of the molecule is Cc1c(CCOc2c(Br)ccc(F)c2F)c(CC(C)(C)CO)nn1C. The Morgan fingerprint density at radius 1 is 1.32 bits per heavy atom. The highest BCUT2D eigenvalue weighted by atomic mass is 79.9. The number of ether oxygens (including phenoxy) is 1. The molecule has 0 aliphatic rings. The molecule has 0 aliphatic carbocycles. The predicted octanol–water partition coefficient (Wildman–Crippen LogP) is 3.95. The van der Waals surface area contributed by atoms with Crippen LogP contribution in [0.4, 0.5) is 8.78 Å². The summed E-state index contributed by atoms with van der Waals surface area (Å²) in [5, 5.41) is 14.0. The van der Waals surface area contributed by atoms with Gasteiger partial charge in [-0.15, -0.1) is 0 Å². The van der Waals surface area contributed by atoms with Crippen molar-refractivity contribution in [2.75, 3.05) is 13.2 Å². The normalized spacial score (nSPS) is 11.8. The van der Waals surface area contributed by atoms with Crippen molar-refractivity contribution in [3.8, 4) is 5.75 Å². The number of aliphatic hydroxyl groups excluding tert-OH is 1. The molecule has 0 aliphatic heterocycles. The first-order valence-corrected chi connectivity index (χ1v) is 8.84. The van der Waals surface area contributed by atoms with E-state index < -0.39 is 11.6 Å². The van der Waals surface area contributed by atoms with Gasteiger partial charge in [-0.05, 0) is 52.4 Å². The van der Waals surface area contributed by atoms with Crippen molar-refractivity contribution in [2.45, 2.75) is 33.6 Å². The van der Waals surface area contributed by atoms with Gasteiger partial charge in [0.25, 0.3) is 0 Å². The molecule has 0 amide bonds. The Morgan fingerprint density at radius 2 is 2.00 bits per heavy atom. The molecule has 1 aromatic heterocycles. The van der Waals surface area contributed by atoms with Gasteiger partial charge in [-0.25, -0.2) is 4.39 Å². The molecule has 0 radical (unpaired) electrons. The van der Waals surface area contributed by atoms with Gasteiger partial charge in [0.1, 0.15) is 0 Å². The quantitative estimate of drug-likeness (QED) is 0.695. The van der Waals surface area contributed by atoms with Gasteiger partial charge in [-0.2, -0.15) is 9.49 Å². The van der Waals surface area contributed by atoms with E-state index in [1.165, 1.54) is 6.07 Å². The third-order valence-electron chi connectivity index (χ3n) is 4.22. The largest absolute Gasteiger partial charge is 0.489 e. The highest BCUT2D eigenvalue weighted by Crippen LogP contribution is 2.30. The van der Waals surface area contributed by atoms with Crippen LogP contribution in [0.3, 0.4) is 0 Å². The predicted molar refractivity (Wildman–Crippen MR) is 95.8 cm³/mol. The van der Waals surface area contributed by atoms with E-state index in [-0.39, 0.29) is 24.4 Å². The molecule has 7 heteroatoms. The van der Waals surface area contributed by atoms with Crippen molar-refractivity contribution >= 4 is 15.9 Å². The summed E-state index contributed by atoms with van der Waals surface area (Å²) in [7, 11) is 1.86. The lowest BCUT2D eigenvalue weighted by Gasteiger charge is -2.20. The van der Waals surface area contributed by atoms with Crippen LogP contribution in [0.5, 0.6) is 5.75 Å². The number of nitrogens with zero attached hydrogens (tertiary/aromatic N) is 2. The molecular formula is C18H23BrF2N2O2. The van der Waals surface area contributed by atoms with Crippen LogP contribution in [0.25, 0.3) is 0 Å². The fraction of sp³-hybridized carbons (Fsp3) is 0.500. The zero-order valence-electron chi connectivity index (χ0n) is 14.9. The van der Waals surface area contributed by atoms with Gasteiger partial charge in [-0.1, -0.05) is 13.8 Å². The summed E-state index contributed by atoms with van der Waals surface area (Å²) in [6.07, 6.45) is 1.14. The van der Waals surface area contributed by atoms with E-state index in [4.69, 9.17) is 4.74 Å². The smallest absolute Gasteiger partial charge is 0.201 e. The van der Waals surface area contributed by atoms with Crippen LogP contribution < -0.4 is 4.74 Å². The van der Waals surface area contributed by atoms with Crippen LogP contribution in [0.1, 0.15) is 30.8 Å². The highest BCUT2D eigenvalue weighted by Gasteiger charge is 2.23. The van der Waals surface area contributed by atoms with E-state index in [0.717, 1.165) is 23.0 Å². The highest BCUT2D eigenvalue weighted by molar-refractivity contribution is 9.10. The van der Waals surface area contributed by atoms with Gasteiger partial charge in [0, 0.05) is 25.8 Å². The Morgan fingerprint density at radius 3 is 2.64 bits per heavy atom. The number of aliphatic hydroxyl groups is 1. The van der Waals surface area contributed by atoms with Gasteiger partial charge in [0.05, 0.1) is 16.8 Å². The molecule has 0 atom stereocenters. The maximum absolute atomic E-state index is 13.8. The van der Waals surface area contributed by atoms with E-state index >= 15 is 0 Å². The second-order valence-corrected chi connectivity index (χ2v) is 7.76. The lowest BCUT2D eigenvalue weighted by molar-refractivity contribution is 0.158. The van der Waals surface area contributed by atoms with E-state index in [1.807, 2.05) is 27.8 Å². The van der Waals surface area contributed by atoms with Crippen molar-refractivity contribution in [1.29, 1.82) is 0 Å². The number of hydrogen-bond acceptors (Lipinski definition) is 3. The molecule has 0 spiro atoms. The number of halogens is 3. The molecule has 0 fully saturated rings. The molecular weight excluding hydrogens is 394 g/mol. The Kier molecular flexibility index (Phi) is 6.21. The molecule has 4 nitrogen and oxygen atoms in total. The molecule has 2 rings (SSSR count). The zero-order chi connectivity index (χ0) is 18.8. The molecule has 0 saturated heterocycles. The first-order valence-electron chi connectivity index (χ1n) is 8.05. The van der Waals surface area contributed by atoms with E-state index in [2.05, 4.69) is 21.0 Å². The zero-order valence-corrected chi connectivity index (χ0v) is 16.5. The van der Waals surface area contributed by atoms with Crippen molar-refractivity contribution in [3.05, 3.63) is 45.2 Å². The summed E-state index contributed by atoms with van der Waals surface area (Å²) in [5.41, 5.74) is 2.61. The summed E-state index contributed by atoms with van der Waals surface area (Å²) in [6, 6.07) is 2.46. The minimum atomic E-state index is -1.00. The lowest BCUT2D eigenvalue weighted by Crippen LogP contribution is -2.21. The minimum absolute atomic E-state index is 0.0556. The van der Waals surface area contributed by atoms with Crippen LogP contribution >= 0.6 is 15.9 Å². The third kappa shape index (κ3) is 4.58. The molecule has 2 aromatic rings. The van der Waals surface area contributed by atoms with Crippen LogP contribution in [-0.4, -0.2) is 28.1 Å². The second-order valence-electron chi connectivity index (χ2n) is 6.90. The average Bonchev–Trinajstić information content (AvgIpc) is 2.81. The van der Waals surface area contributed by atoms with Gasteiger partial charge < -0.3 is 9.84 Å². The summed E-state index contributed by atoms with van der Waals surface area (Å²) in [5.74, 6) is -2.07. The number of benzene rings is 1. The molecule has 0 bridgehead atoms. The topological polar surface area (TPSA) is 47.3 Å². The molecule has 0 unspecified atom stereocenters. The first kappa shape index (κ1) is 19.8. The Labute approximate surface area is 154 Å². The molecule has 1 heterocycles. The van der Waals surface area contributed by atoms with Crippen LogP contribution in [0, 0.1) is 24.0 Å². The fourth-order valence-electron chi connectivity index (χ4n) is 2.59. The number of aryl methyl sites for hydroxylation is 1. The van der Waals surface area contributed by atoms with E-state index in [9.17, 15) is 13.9 Å². The monoisotopic (exact) mass is 416 g/mol. The minimum Gasteiger partial charge on any atom is -0.489 e. The van der Waals surface area contributed by atoms with Gasteiger partial charge in [-0.3, -0.25) is 4.68 Å². The lowest BCUT2D eigenvalue weighted by atomic mass is 9.87. The van der Waals surface area contributed by atoms with Crippen molar-refractivity contribution in [2.24, 2.45) is 12.5 Å². The molecule has 1 aromatic carbocycles. The van der Waals surface area contributed by atoms with Crippen LogP contribution in [0.15, 0.2) is 16.6 Å². The standard InChI is InChI=1S/C18H23BrF2N2O2/c1-11-12(15(22-23(11)4)9-18(2,3)10-24)7-8-25-17-13(19)5-6-14(20)16(17)21/h5-6,24H,7-10H2,1-4H3. The van der Waals surface area contributed by atoms with E-state index in [0.29, 0.717) is 17.3 Å². The number of rotatable bonds is 7. The second kappa shape index (κ2) is 7.83.